The summed E-state index contributed by atoms with van der Waals surface area (Å²) in [6.07, 6.45) is 0. The molecule has 0 aliphatic heterocycles. The Morgan fingerprint density at radius 2 is 1.79 bits per heavy atom. The maximum absolute atomic E-state index is 6.21. The second-order valence-corrected chi connectivity index (χ2v) is 6.47. The van der Waals surface area contributed by atoms with Crippen LogP contribution in [0.2, 0.25) is 5.02 Å². The van der Waals surface area contributed by atoms with Gasteiger partial charge in [0.2, 0.25) is 0 Å². The fourth-order valence-electron chi connectivity index (χ4n) is 2.27. The number of hydrogen-bond donors (Lipinski definition) is 0. The number of ether oxygens (including phenoxy) is 1. The summed E-state index contributed by atoms with van der Waals surface area (Å²) in [6.45, 7) is 3.28. The Hall–Kier alpha value is -1.98. The molecule has 6 heteroatoms. The van der Waals surface area contributed by atoms with Crippen LogP contribution in [0, 0.1) is 0 Å². The second kappa shape index (κ2) is 8.22. The fraction of sp³-hybridized carbons (Fsp3) is 0.222. The molecule has 3 rings (SSSR count). The Balaban J connectivity index is 1.67. The zero-order chi connectivity index (χ0) is 16.8. The lowest BCUT2D eigenvalue weighted by molar-refractivity contribution is 0.288. The molecule has 0 aliphatic rings. The molecule has 0 unspecified atom stereocenters. The van der Waals surface area contributed by atoms with E-state index in [2.05, 4.69) is 21.7 Å². The first-order valence-electron chi connectivity index (χ1n) is 7.74. The molecule has 124 valence electrons. The van der Waals surface area contributed by atoms with E-state index in [4.69, 9.17) is 16.3 Å². The van der Waals surface area contributed by atoms with Crippen LogP contribution in [-0.2, 0) is 18.9 Å². The van der Waals surface area contributed by atoms with Crippen molar-refractivity contribution in [2.75, 3.05) is 0 Å². The highest BCUT2D eigenvalue weighted by Gasteiger charge is 2.12. The van der Waals surface area contributed by atoms with Crippen molar-refractivity contribution in [3.8, 4) is 5.75 Å². The molecular formula is C18H18ClN3OS. The summed E-state index contributed by atoms with van der Waals surface area (Å²) >= 11 is 7.84. The minimum absolute atomic E-state index is 0.400. The molecule has 0 aliphatic carbocycles. The highest BCUT2D eigenvalue weighted by atomic mass is 35.5. The number of para-hydroxylation sites is 1. The first kappa shape index (κ1) is 16.9. The predicted molar refractivity (Wildman–Crippen MR) is 97.5 cm³/mol. The Kier molecular flexibility index (Phi) is 5.77. The van der Waals surface area contributed by atoms with Crippen molar-refractivity contribution in [2.45, 2.75) is 31.0 Å². The molecule has 4 nitrogen and oxygen atoms in total. The van der Waals surface area contributed by atoms with E-state index in [9.17, 15) is 0 Å². The van der Waals surface area contributed by atoms with Gasteiger partial charge in [-0.1, -0.05) is 59.8 Å². The third kappa shape index (κ3) is 4.10. The maximum atomic E-state index is 6.21. The number of aromatic nitrogens is 3. The highest BCUT2D eigenvalue weighted by molar-refractivity contribution is 7.98. The van der Waals surface area contributed by atoms with E-state index in [1.165, 1.54) is 0 Å². The van der Waals surface area contributed by atoms with Gasteiger partial charge in [0.15, 0.2) is 11.0 Å². The molecule has 0 fully saturated rings. The van der Waals surface area contributed by atoms with Gasteiger partial charge < -0.3 is 9.30 Å². The van der Waals surface area contributed by atoms with E-state index in [1.54, 1.807) is 11.8 Å². The van der Waals surface area contributed by atoms with Crippen LogP contribution in [0.3, 0.4) is 0 Å². The van der Waals surface area contributed by atoms with E-state index in [0.717, 1.165) is 39.6 Å². The van der Waals surface area contributed by atoms with Gasteiger partial charge in [-0.2, -0.15) is 0 Å². The summed E-state index contributed by atoms with van der Waals surface area (Å²) in [5, 5.41) is 10.2. The lowest BCUT2D eigenvalue weighted by atomic mass is 10.2. The van der Waals surface area contributed by atoms with Crippen LogP contribution in [0.15, 0.2) is 59.8 Å². The molecule has 0 radical (unpaired) electrons. The van der Waals surface area contributed by atoms with E-state index in [-0.39, 0.29) is 0 Å². The Morgan fingerprint density at radius 1 is 1.04 bits per heavy atom. The molecule has 0 saturated carbocycles. The summed E-state index contributed by atoms with van der Waals surface area (Å²) in [5.74, 6) is 2.41. The number of rotatable bonds is 7. The number of halogens is 1. The minimum Gasteiger partial charge on any atom is -0.486 e. The first-order valence-corrected chi connectivity index (χ1v) is 9.10. The molecule has 1 heterocycles. The van der Waals surface area contributed by atoms with E-state index >= 15 is 0 Å². The van der Waals surface area contributed by atoms with Crippen LogP contribution < -0.4 is 4.74 Å². The second-order valence-electron chi connectivity index (χ2n) is 5.12. The Morgan fingerprint density at radius 3 is 2.54 bits per heavy atom. The molecule has 3 aromatic rings. The zero-order valence-corrected chi connectivity index (χ0v) is 14.9. The van der Waals surface area contributed by atoms with Crippen LogP contribution in [0.5, 0.6) is 5.75 Å². The minimum atomic E-state index is 0.400. The fourth-order valence-corrected chi connectivity index (χ4v) is 3.58. The van der Waals surface area contributed by atoms with Crippen molar-refractivity contribution in [2.24, 2.45) is 0 Å². The van der Waals surface area contributed by atoms with Gasteiger partial charge in [0.1, 0.15) is 12.4 Å². The monoisotopic (exact) mass is 359 g/mol. The summed E-state index contributed by atoms with van der Waals surface area (Å²) in [4.78, 5) is 0. The number of nitrogens with zero attached hydrogens (tertiary/aromatic N) is 3. The molecule has 1 aromatic heterocycles. The average Bonchev–Trinajstić information content (AvgIpc) is 3.02. The van der Waals surface area contributed by atoms with Crippen LogP contribution in [0.25, 0.3) is 0 Å². The highest BCUT2D eigenvalue weighted by Crippen LogP contribution is 2.26. The zero-order valence-electron chi connectivity index (χ0n) is 13.4. The smallest absolute Gasteiger partial charge is 0.191 e. The van der Waals surface area contributed by atoms with Crippen LogP contribution in [0.4, 0.5) is 0 Å². The van der Waals surface area contributed by atoms with Crippen molar-refractivity contribution in [3.63, 3.8) is 0 Å². The van der Waals surface area contributed by atoms with Crippen molar-refractivity contribution < 1.29 is 4.74 Å². The third-order valence-corrected chi connectivity index (χ3v) is 4.92. The third-order valence-electron chi connectivity index (χ3n) is 3.54. The number of hydrogen-bond acceptors (Lipinski definition) is 4. The quantitative estimate of drug-likeness (QED) is 0.567. The van der Waals surface area contributed by atoms with Gasteiger partial charge >= 0.3 is 0 Å². The Bertz CT molecular complexity index is 792. The van der Waals surface area contributed by atoms with E-state index < -0.39 is 0 Å². The summed E-state index contributed by atoms with van der Waals surface area (Å²) in [7, 11) is 0. The molecule has 24 heavy (non-hydrogen) atoms. The number of thioether (sulfide) groups is 1. The van der Waals surface area contributed by atoms with Crippen molar-refractivity contribution in [3.05, 3.63) is 71.0 Å². The van der Waals surface area contributed by atoms with Gasteiger partial charge in [-0.05, 0) is 30.7 Å². The lowest BCUT2D eigenvalue weighted by Gasteiger charge is -2.09. The summed E-state index contributed by atoms with van der Waals surface area (Å²) < 4.78 is 7.85. The largest absolute Gasteiger partial charge is 0.486 e. The molecule has 0 saturated heterocycles. The molecule has 0 N–H and O–H groups in total. The summed E-state index contributed by atoms with van der Waals surface area (Å²) in [5.41, 5.74) is 1.09. The number of benzene rings is 2. The molecule has 0 bridgehead atoms. The van der Waals surface area contributed by atoms with Crippen molar-refractivity contribution >= 4 is 23.4 Å². The average molecular weight is 360 g/mol. The van der Waals surface area contributed by atoms with Gasteiger partial charge in [-0.3, -0.25) is 0 Å². The van der Waals surface area contributed by atoms with Crippen LogP contribution >= 0.6 is 23.4 Å². The van der Waals surface area contributed by atoms with Crippen molar-refractivity contribution in [1.29, 1.82) is 0 Å². The normalized spacial score (nSPS) is 10.8. The predicted octanol–water partition coefficient (Wildman–Crippen LogP) is 4.82. The van der Waals surface area contributed by atoms with Gasteiger partial charge in [-0.25, -0.2) is 0 Å². The lowest BCUT2D eigenvalue weighted by Crippen LogP contribution is -2.07. The van der Waals surface area contributed by atoms with Gasteiger partial charge in [0.05, 0.1) is 0 Å². The van der Waals surface area contributed by atoms with Crippen LogP contribution in [0.1, 0.15) is 18.3 Å². The summed E-state index contributed by atoms with van der Waals surface area (Å²) in [6, 6.07) is 17.6. The van der Waals surface area contributed by atoms with Gasteiger partial charge in [0, 0.05) is 17.3 Å². The maximum Gasteiger partial charge on any atom is 0.191 e. The Labute approximate surface area is 150 Å². The van der Waals surface area contributed by atoms with Gasteiger partial charge in [0.25, 0.3) is 0 Å². The standard InChI is InChI=1S/C18H18ClN3OS/c1-2-22-17(12-23-15-9-4-3-5-10-15)20-21-18(22)24-13-14-8-6-7-11-16(14)19/h3-11H,2,12-13H2,1H3. The first-order chi connectivity index (χ1) is 11.8. The molecule has 0 atom stereocenters. The van der Waals surface area contributed by atoms with Crippen molar-refractivity contribution in [1.82, 2.24) is 14.8 Å². The topological polar surface area (TPSA) is 39.9 Å². The molecule has 0 amide bonds. The van der Waals surface area contributed by atoms with Crippen LogP contribution in [-0.4, -0.2) is 14.8 Å². The van der Waals surface area contributed by atoms with E-state index in [1.807, 2.05) is 54.6 Å². The molecule has 0 spiro atoms. The van der Waals surface area contributed by atoms with E-state index in [0.29, 0.717) is 6.61 Å². The van der Waals surface area contributed by atoms with Gasteiger partial charge in [-0.15, -0.1) is 10.2 Å². The molecule has 2 aromatic carbocycles. The SMILES string of the molecule is CCn1c(COc2ccccc2)nnc1SCc1ccccc1Cl. The molecular weight excluding hydrogens is 342 g/mol.